The van der Waals surface area contributed by atoms with Crippen LogP contribution in [0.2, 0.25) is 0 Å². The number of nitrogens with zero attached hydrogens (tertiary/aromatic N) is 1. The van der Waals surface area contributed by atoms with Gasteiger partial charge in [-0.2, -0.15) is 0 Å². The van der Waals surface area contributed by atoms with Crippen molar-refractivity contribution in [1.29, 1.82) is 0 Å². The Kier molecular flexibility index (Phi) is 4.37. The number of ether oxygens (including phenoxy) is 1. The molecule has 2 N–H and O–H groups in total. The summed E-state index contributed by atoms with van der Waals surface area (Å²) in [4.78, 5) is 7.96. The second kappa shape index (κ2) is 7.17. The summed E-state index contributed by atoms with van der Waals surface area (Å²) < 4.78 is 6.15. The zero-order chi connectivity index (χ0) is 18.9. The van der Waals surface area contributed by atoms with Crippen molar-refractivity contribution in [2.75, 3.05) is 6.54 Å². The molecule has 1 aliphatic rings. The molecule has 28 heavy (non-hydrogen) atoms. The molecule has 0 fully saturated rings. The summed E-state index contributed by atoms with van der Waals surface area (Å²) in [6.45, 7) is 1.33. The predicted octanol–water partition coefficient (Wildman–Crippen LogP) is 3.17. The summed E-state index contributed by atoms with van der Waals surface area (Å²) in [5.41, 5.74) is 6.40. The molecule has 4 aromatic rings. The van der Waals surface area contributed by atoms with E-state index in [1.165, 1.54) is 22.2 Å². The number of hydrogen-bond donors (Lipinski definition) is 2. The van der Waals surface area contributed by atoms with Crippen LogP contribution in [0.15, 0.2) is 66.9 Å². The van der Waals surface area contributed by atoms with Crippen molar-refractivity contribution in [1.82, 2.24) is 15.3 Å². The Hall–Kier alpha value is -3.05. The van der Waals surface area contributed by atoms with Gasteiger partial charge in [-0.05, 0) is 36.2 Å². The van der Waals surface area contributed by atoms with Gasteiger partial charge in [0.2, 0.25) is 0 Å². The van der Waals surface area contributed by atoms with E-state index >= 15 is 0 Å². The first kappa shape index (κ1) is 17.1. The highest BCUT2D eigenvalue weighted by Gasteiger charge is 2.27. The van der Waals surface area contributed by atoms with Gasteiger partial charge in [0.25, 0.3) is 0 Å². The smallest absolute Gasteiger partial charge is 0.130 e. The third-order valence-electron chi connectivity index (χ3n) is 5.31. The molecule has 0 spiro atoms. The molecule has 2 aromatic heterocycles. The summed E-state index contributed by atoms with van der Waals surface area (Å²) >= 11 is 0. The fourth-order valence-electron chi connectivity index (χ4n) is 4.00. The van der Waals surface area contributed by atoms with Gasteiger partial charge in [0, 0.05) is 34.9 Å². The number of benzene rings is 2. The van der Waals surface area contributed by atoms with Crippen molar-refractivity contribution in [3.05, 3.63) is 89.4 Å². The minimum Gasteiger partial charge on any atom is -0.487 e. The van der Waals surface area contributed by atoms with Crippen LogP contribution in [0.5, 0.6) is 5.75 Å². The van der Waals surface area contributed by atoms with Gasteiger partial charge < -0.3 is 15.0 Å². The molecule has 0 saturated carbocycles. The Morgan fingerprint density at radius 3 is 2.86 bits per heavy atom. The van der Waals surface area contributed by atoms with Gasteiger partial charge in [-0.3, -0.25) is 4.98 Å². The Morgan fingerprint density at radius 1 is 1.07 bits per heavy atom. The zero-order valence-electron chi connectivity index (χ0n) is 15.5. The van der Waals surface area contributed by atoms with Crippen LogP contribution in [0, 0.1) is 0 Å². The van der Waals surface area contributed by atoms with Crippen LogP contribution in [-0.4, -0.2) is 24.4 Å². The summed E-state index contributed by atoms with van der Waals surface area (Å²) in [5.74, 6) is 0.823. The normalized spacial score (nSPS) is 16.1. The molecule has 2 radical (unpaired) electrons. The fraction of sp³-hybridized carbons (Fsp3) is 0.174. The lowest BCUT2D eigenvalue weighted by atomic mass is 9.88. The Balaban J connectivity index is 1.54. The van der Waals surface area contributed by atoms with E-state index in [0.717, 1.165) is 35.4 Å². The molecule has 2 aromatic carbocycles. The van der Waals surface area contributed by atoms with Gasteiger partial charge in [0.05, 0.1) is 11.7 Å². The van der Waals surface area contributed by atoms with E-state index in [1.54, 1.807) is 6.20 Å². The molecule has 0 saturated heterocycles. The van der Waals surface area contributed by atoms with Crippen molar-refractivity contribution < 1.29 is 4.74 Å². The number of pyridine rings is 1. The standard InChI is InChI=1S/C23H20BN3O/c24-15-8-9-21(28-14-16-5-3-4-11-25-16)19(13-15)22-23-18(10-12-26-22)17-6-1-2-7-20(17)27-23/h1-9,11,13,22,26-27H,10,12,14H2. The van der Waals surface area contributed by atoms with Gasteiger partial charge in [0.1, 0.15) is 20.2 Å². The van der Waals surface area contributed by atoms with Crippen LogP contribution < -0.4 is 15.5 Å². The molecule has 1 atom stereocenters. The summed E-state index contributed by atoms with van der Waals surface area (Å²) in [5, 5.41) is 4.93. The summed E-state index contributed by atoms with van der Waals surface area (Å²) in [7, 11) is 6.13. The van der Waals surface area contributed by atoms with E-state index in [9.17, 15) is 0 Å². The lowest BCUT2D eigenvalue weighted by Gasteiger charge is -2.27. The number of nitrogens with one attached hydrogen (secondary N) is 2. The van der Waals surface area contributed by atoms with Crippen LogP contribution in [0.25, 0.3) is 10.9 Å². The van der Waals surface area contributed by atoms with Crippen LogP contribution in [0.4, 0.5) is 0 Å². The SMILES string of the molecule is [B]c1ccc(OCc2ccccn2)c(C2NCCc3c2[nH]c2ccccc32)c1. The number of aromatic amines is 1. The molecule has 0 bridgehead atoms. The highest BCUT2D eigenvalue weighted by atomic mass is 16.5. The largest absolute Gasteiger partial charge is 0.487 e. The molecule has 136 valence electrons. The second-order valence-electron chi connectivity index (χ2n) is 7.11. The first-order valence-electron chi connectivity index (χ1n) is 9.54. The van der Waals surface area contributed by atoms with Crippen molar-refractivity contribution in [3.8, 4) is 5.75 Å². The van der Waals surface area contributed by atoms with Gasteiger partial charge in [0.15, 0.2) is 0 Å². The van der Waals surface area contributed by atoms with E-state index in [4.69, 9.17) is 12.6 Å². The maximum atomic E-state index is 6.15. The first-order chi connectivity index (χ1) is 13.8. The van der Waals surface area contributed by atoms with Crippen LogP contribution in [0.3, 0.4) is 0 Å². The number of hydrogen-bond acceptors (Lipinski definition) is 3. The highest BCUT2D eigenvalue weighted by molar-refractivity contribution is 6.32. The molecular formula is C23H20BN3O. The van der Waals surface area contributed by atoms with E-state index in [2.05, 4.69) is 39.6 Å². The van der Waals surface area contributed by atoms with E-state index < -0.39 is 0 Å². The maximum absolute atomic E-state index is 6.15. The van der Waals surface area contributed by atoms with Gasteiger partial charge >= 0.3 is 0 Å². The van der Waals surface area contributed by atoms with Gasteiger partial charge in [-0.25, -0.2) is 0 Å². The van der Waals surface area contributed by atoms with Crippen molar-refractivity contribution in [2.45, 2.75) is 19.1 Å². The average molecular weight is 365 g/mol. The third kappa shape index (κ3) is 3.08. The molecule has 0 amide bonds. The summed E-state index contributed by atoms with van der Waals surface area (Å²) in [6, 6.07) is 20.2. The average Bonchev–Trinajstić information content (AvgIpc) is 3.12. The van der Waals surface area contributed by atoms with Gasteiger partial charge in [-0.15, -0.1) is 0 Å². The van der Waals surface area contributed by atoms with E-state index in [1.807, 2.05) is 36.4 Å². The molecule has 3 heterocycles. The quantitative estimate of drug-likeness (QED) is 0.546. The van der Waals surface area contributed by atoms with Crippen molar-refractivity contribution in [3.63, 3.8) is 0 Å². The molecule has 5 rings (SSSR count). The summed E-state index contributed by atoms with van der Waals surface area (Å²) in [6.07, 6.45) is 2.78. The lowest BCUT2D eigenvalue weighted by molar-refractivity contribution is 0.295. The number of aromatic nitrogens is 2. The predicted molar refractivity (Wildman–Crippen MR) is 112 cm³/mol. The number of fused-ring (bicyclic) bond motifs is 3. The maximum Gasteiger partial charge on any atom is 0.130 e. The van der Waals surface area contributed by atoms with E-state index in [-0.39, 0.29) is 6.04 Å². The topological polar surface area (TPSA) is 49.9 Å². The minimum atomic E-state index is 0.0124. The molecule has 0 aliphatic carbocycles. The van der Waals surface area contributed by atoms with Crippen molar-refractivity contribution >= 4 is 24.2 Å². The van der Waals surface area contributed by atoms with Gasteiger partial charge in [-0.1, -0.05) is 41.9 Å². The second-order valence-corrected chi connectivity index (χ2v) is 7.11. The first-order valence-corrected chi connectivity index (χ1v) is 9.54. The van der Waals surface area contributed by atoms with Crippen LogP contribution >= 0.6 is 0 Å². The molecule has 1 aliphatic heterocycles. The number of para-hydroxylation sites is 1. The fourth-order valence-corrected chi connectivity index (χ4v) is 4.00. The number of H-pyrrole nitrogens is 1. The lowest BCUT2D eigenvalue weighted by Crippen LogP contribution is -2.31. The molecule has 4 nitrogen and oxygen atoms in total. The molecular weight excluding hydrogens is 345 g/mol. The Bertz CT molecular complexity index is 1120. The van der Waals surface area contributed by atoms with Crippen LogP contribution in [-0.2, 0) is 13.0 Å². The zero-order valence-corrected chi connectivity index (χ0v) is 15.5. The molecule has 5 heteroatoms. The van der Waals surface area contributed by atoms with Crippen LogP contribution in [0.1, 0.15) is 28.6 Å². The third-order valence-corrected chi connectivity index (χ3v) is 5.31. The highest BCUT2D eigenvalue weighted by Crippen LogP contribution is 2.36. The minimum absolute atomic E-state index is 0.0124. The number of rotatable bonds is 4. The van der Waals surface area contributed by atoms with E-state index in [0.29, 0.717) is 6.61 Å². The Labute approximate surface area is 165 Å². The Morgan fingerprint density at radius 2 is 1.96 bits per heavy atom. The monoisotopic (exact) mass is 365 g/mol. The molecule has 1 unspecified atom stereocenters. The van der Waals surface area contributed by atoms with Crippen molar-refractivity contribution in [2.24, 2.45) is 0 Å².